The quantitative estimate of drug-likeness (QED) is 0.110. The van der Waals surface area contributed by atoms with E-state index in [0.29, 0.717) is 44.1 Å². The van der Waals surface area contributed by atoms with Crippen molar-refractivity contribution in [1.82, 2.24) is 0 Å². The lowest BCUT2D eigenvalue weighted by atomic mass is 10.2. The van der Waals surface area contributed by atoms with Gasteiger partial charge in [-0.2, -0.15) is 0 Å². The maximum absolute atomic E-state index is 11.1. The lowest BCUT2D eigenvalue weighted by molar-refractivity contribution is -0.150. The Morgan fingerprint density at radius 3 is 1.38 bits per heavy atom. The van der Waals surface area contributed by atoms with E-state index in [4.69, 9.17) is 24.4 Å². The Morgan fingerprint density at radius 1 is 0.649 bits per heavy atom. The molecule has 0 amide bonds. The Morgan fingerprint density at radius 2 is 1.03 bits per heavy atom. The molecule has 0 aliphatic heterocycles. The summed E-state index contributed by atoms with van der Waals surface area (Å²) in [6, 6.07) is 0. The van der Waals surface area contributed by atoms with Crippen molar-refractivity contribution in [2.24, 2.45) is 0 Å². The van der Waals surface area contributed by atoms with Gasteiger partial charge in [-0.05, 0) is 32.6 Å². The number of carbonyl (C=O) groups is 4. The Balaban J connectivity index is -0.000000117. The standard InChI is InChI=1S/C12H20O5.C11H18O5.4CH4/c1-10(2)12(15)17-9-8-16-11(14)6-4-3-5-7-13;1-2-10(13)15-8-9-16-11(14)6-4-3-5-7-12;;;;/h13H,1,3-9H2,2H3;2,12H,1,3-9H2;4*1H4. The van der Waals surface area contributed by atoms with Crippen LogP contribution in [0.4, 0.5) is 0 Å². The summed E-state index contributed by atoms with van der Waals surface area (Å²) in [7, 11) is 0. The number of aliphatic hydroxyl groups excluding tert-OH is 2. The highest BCUT2D eigenvalue weighted by Crippen LogP contribution is 2.01. The summed E-state index contributed by atoms with van der Waals surface area (Å²) in [5.74, 6) is -1.63. The molecule has 0 aromatic carbocycles. The second kappa shape index (κ2) is 35.4. The molecular weight excluding hydrogens is 484 g/mol. The fourth-order valence-electron chi connectivity index (χ4n) is 2.03. The van der Waals surface area contributed by atoms with Crippen LogP contribution in [0.2, 0.25) is 0 Å². The molecule has 0 radical (unpaired) electrons. The van der Waals surface area contributed by atoms with Crippen molar-refractivity contribution in [2.45, 2.75) is 88.0 Å². The fourth-order valence-corrected chi connectivity index (χ4v) is 2.03. The van der Waals surface area contributed by atoms with Gasteiger partial charge in [-0.25, -0.2) is 9.59 Å². The zero-order valence-corrected chi connectivity index (χ0v) is 19.6. The number of hydrogen-bond donors (Lipinski definition) is 2. The molecule has 0 fully saturated rings. The highest BCUT2D eigenvalue weighted by atomic mass is 16.6. The molecule has 0 saturated carbocycles. The van der Waals surface area contributed by atoms with Crippen molar-refractivity contribution < 1.29 is 48.3 Å². The van der Waals surface area contributed by atoms with Gasteiger partial charge in [-0.3, -0.25) is 9.59 Å². The average molecular weight is 539 g/mol. The summed E-state index contributed by atoms with van der Waals surface area (Å²) in [5, 5.41) is 17.0. The third-order valence-corrected chi connectivity index (χ3v) is 3.76. The number of esters is 4. The topological polar surface area (TPSA) is 146 Å². The molecule has 0 spiro atoms. The van der Waals surface area contributed by atoms with Crippen molar-refractivity contribution in [3.05, 3.63) is 24.8 Å². The molecule has 0 aromatic heterocycles. The van der Waals surface area contributed by atoms with Crippen molar-refractivity contribution >= 4 is 23.9 Å². The zero-order chi connectivity index (χ0) is 25.3. The molecule has 0 unspecified atom stereocenters. The molecule has 10 nitrogen and oxygen atoms in total. The van der Waals surface area contributed by atoms with E-state index in [1.165, 1.54) is 0 Å². The second-order valence-corrected chi connectivity index (χ2v) is 6.80. The Bertz CT molecular complexity index is 588. The van der Waals surface area contributed by atoms with Crippen LogP contribution in [-0.2, 0) is 38.1 Å². The molecule has 0 aliphatic rings. The van der Waals surface area contributed by atoms with Gasteiger partial charge in [0.1, 0.15) is 26.4 Å². The van der Waals surface area contributed by atoms with Gasteiger partial charge in [0.15, 0.2) is 0 Å². The van der Waals surface area contributed by atoms with Crippen molar-refractivity contribution in [3.8, 4) is 0 Å². The highest BCUT2D eigenvalue weighted by molar-refractivity contribution is 5.86. The van der Waals surface area contributed by atoms with Crippen molar-refractivity contribution in [3.63, 3.8) is 0 Å². The maximum atomic E-state index is 11.1. The van der Waals surface area contributed by atoms with E-state index in [2.05, 4.69) is 17.9 Å². The van der Waals surface area contributed by atoms with Crippen LogP contribution in [-0.4, -0.2) is 73.7 Å². The van der Waals surface area contributed by atoms with Gasteiger partial charge >= 0.3 is 23.9 Å². The molecule has 0 aliphatic carbocycles. The van der Waals surface area contributed by atoms with E-state index in [0.717, 1.165) is 18.9 Å². The summed E-state index contributed by atoms with van der Waals surface area (Å²) in [4.78, 5) is 43.8. The van der Waals surface area contributed by atoms with E-state index in [-0.39, 0.29) is 81.3 Å². The third-order valence-electron chi connectivity index (χ3n) is 3.76. The van der Waals surface area contributed by atoms with Gasteiger partial charge in [-0.15, -0.1) is 0 Å². The number of ether oxygens (including phenoxy) is 4. The molecule has 0 bridgehead atoms. The van der Waals surface area contributed by atoms with Gasteiger partial charge < -0.3 is 29.2 Å². The van der Waals surface area contributed by atoms with Crippen LogP contribution >= 0.6 is 0 Å². The van der Waals surface area contributed by atoms with Crippen LogP contribution in [0.25, 0.3) is 0 Å². The van der Waals surface area contributed by atoms with Gasteiger partial charge in [0.2, 0.25) is 0 Å². The van der Waals surface area contributed by atoms with Gasteiger partial charge in [0.25, 0.3) is 0 Å². The lowest BCUT2D eigenvalue weighted by Gasteiger charge is -2.06. The molecule has 0 aromatic rings. The van der Waals surface area contributed by atoms with Gasteiger partial charge in [-0.1, -0.05) is 55.7 Å². The lowest BCUT2D eigenvalue weighted by Crippen LogP contribution is -2.14. The molecule has 37 heavy (non-hydrogen) atoms. The summed E-state index contributed by atoms with van der Waals surface area (Å²) in [6.07, 6.45) is 6.11. The van der Waals surface area contributed by atoms with Crippen LogP contribution in [0.5, 0.6) is 0 Å². The first-order valence-corrected chi connectivity index (χ1v) is 10.9. The molecule has 0 heterocycles. The Labute approximate surface area is 225 Å². The predicted octanol–water partition coefficient (Wildman–Crippen LogP) is 4.56. The van der Waals surface area contributed by atoms with E-state index in [1.807, 2.05) is 0 Å². The maximum Gasteiger partial charge on any atom is 0.333 e. The van der Waals surface area contributed by atoms with Gasteiger partial charge in [0.05, 0.1) is 0 Å². The van der Waals surface area contributed by atoms with E-state index < -0.39 is 11.9 Å². The van der Waals surface area contributed by atoms with Crippen LogP contribution in [0.3, 0.4) is 0 Å². The van der Waals surface area contributed by atoms with Crippen molar-refractivity contribution in [1.29, 1.82) is 0 Å². The molecular formula is C27H54O10. The van der Waals surface area contributed by atoms with Crippen LogP contribution < -0.4 is 0 Å². The van der Waals surface area contributed by atoms with E-state index in [1.54, 1.807) is 6.92 Å². The predicted molar refractivity (Wildman–Crippen MR) is 147 cm³/mol. The van der Waals surface area contributed by atoms with Crippen LogP contribution in [0, 0.1) is 0 Å². The smallest absolute Gasteiger partial charge is 0.333 e. The number of rotatable bonds is 18. The molecule has 0 atom stereocenters. The second-order valence-electron chi connectivity index (χ2n) is 6.80. The number of carbonyl (C=O) groups excluding carboxylic acids is 4. The Hall–Kier alpha value is -2.72. The first kappa shape index (κ1) is 47.5. The van der Waals surface area contributed by atoms with Gasteiger partial charge in [0, 0.05) is 37.7 Å². The minimum Gasteiger partial charge on any atom is -0.462 e. The summed E-state index contributed by atoms with van der Waals surface area (Å²) in [6.45, 7) is 8.73. The summed E-state index contributed by atoms with van der Waals surface area (Å²) < 4.78 is 19.0. The molecule has 2 N–H and O–H groups in total. The third kappa shape index (κ3) is 38.0. The van der Waals surface area contributed by atoms with Crippen LogP contribution in [0.15, 0.2) is 24.8 Å². The van der Waals surface area contributed by atoms with E-state index >= 15 is 0 Å². The minimum atomic E-state index is -0.529. The molecule has 10 heteroatoms. The largest absolute Gasteiger partial charge is 0.462 e. The van der Waals surface area contributed by atoms with Crippen LogP contribution in [0.1, 0.15) is 88.0 Å². The SMILES string of the molecule is C.C.C.C.C=C(C)C(=O)OCCOC(=O)CCCCCO.C=CC(=O)OCCOC(=O)CCCCCO. The fraction of sp³-hybridized carbons (Fsp3) is 0.704. The molecule has 0 rings (SSSR count). The molecule has 222 valence electrons. The van der Waals surface area contributed by atoms with Crippen molar-refractivity contribution in [2.75, 3.05) is 39.6 Å². The first-order valence-electron chi connectivity index (χ1n) is 10.9. The number of hydrogen-bond acceptors (Lipinski definition) is 10. The molecule has 0 saturated heterocycles. The highest BCUT2D eigenvalue weighted by Gasteiger charge is 2.05. The minimum absolute atomic E-state index is 0. The first-order chi connectivity index (χ1) is 15.8. The zero-order valence-electron chi connectivity index (χ0n) is 19.6. The summed E-state index contributed by atoms with van der Waals surface area (Å²) in [5.41, 5.74) is 0.320. The monoisotopic (exact) mass is 538 g/mol. The average Bonchev–Trinajstić information content (AvgIpc) is 2.80. The summed E-state index contributed by atoms with van der Waals surface area (Å²) >= 11 is 0. The Kier molecular flexibility index (Phi) is 45.5. The number of unbranched alkanes of at least 4 members (excludes halogenated alkanes) is 4. The normalized spacial score (nSPS) is 8.62. The number of aliphatic hydroxyl groups is 2. The van der Waals surface area contributed by atoms with E-state index in [9.17, 15) is 19.2 Å².